The highest BCUT2D eigenvalue weighted by Gasteiger charge is 2.20. The van der Waals surface area contributed by atoms with Crippen molar-refractivity contribution in [1.29, 1.82) is 0 Å². The van der Waals surface area contributed by atoms with E-state index in [0.717, 1.165) is 16.7 Å². The van der Waals surface area contributed by atoms with Gasteiger partial charge in [-0.15, -0.1) is 11.3 Å². The van der Waals surface area contributed by atoms with Crippen LogP contribution >= 0.6 is 11.3 Å². The normalized spacial score (nSPS) is 11.3. The minimum atomic E-state index is -0.296. The third-order valence-corrected chi connectivity index (χ3v) is 4.95. The first kappa shape index (κ1) is 20.0. The van der Waals surface area contributed by atoms with E-state index in [1.807, 2.05) is 24.4 Å². The zero-order valence-electron chi connectivity index (χ0n) is 16.4. The van der Waals surface area contributed by atoms with Gasteiger partial charge in [0.2, 0.25) is 0 Å². The summed E-state index contributed by atoms with van der Waals surface area (Å²) in [5.41, 5.74) is 3.61. The van der Waals surface area contributed by atoms with Gasteiger partial charge in [-0.25, -0.2) is 9.37 Å². The maximum absolute atomic E-state index is 13.0. The topological polar surface area (TPSA) is 51.2 Å². The molecule has 3 aromatic rings. The molecule has 0 fully saturated rings. The van der Waals surface area contributed by atoms with Gasteiger partial charge in [-0.05, 0) is 48.2 Å². The monoisotopic (exact) mass is 398 g/mol. The fourth-order valence-corrected chi connectivity index (χ4v) is 3.47. The molecule has 3 rings (SSSR count). The number of ether oxygens (including phenoxy) is 1. The van der Waals surface area contributed by atoms with Crippen LogP contribution in [0.3, 0.4) is 0 Å². The highest BCUT2D eigenvalue weighted by Crippen LogP contribution is 2.32. The first-order valence-electron chi connectivity index (χ1n) is 8.97. The molecule has 6 heteroatoms. The number of aryl methyl sites for hydroxylation is 1. The first-order chi connectivity index (χ1) is 13.2. The molecule has 0 spiro atoms. The lowest BCUT2D eigenvalue weighted by Crippen LogP contribution is -2.22. The van der Waals surface area contributed by atoms with Gasteiger partial charge in [0, 0.05) is 10.9 Å². The third kappa shape index (κ3) is 4.95. The van der Waals surface area contributed by atoms with Crippen LogP contribution in [0.25, 0.3) is 11.3 Å². The number of aromatic nitrogens is 1. The molecule has 0 unspecified atom stereocenters. The van der Waals surface area contributed by atoms with Crippen LogP contribution < -0.4 is 10.1 Å². The highest BCUT2D eigenvalue weighted by atomic mass is 32.1. The minimum absolute atomic E-state index is 0.0861. The van der Waals surface area contributed by atoms with Crippen LogP contribution in [0, 0.1) is 12.7 Å². The largest absolute Gasteiger partial charge is 0.483 e. The summed E-state index contributed by atoms with van der Waals surface area (Å²) in [5.74, 6) is 0.134. The van der Waals surface area contributed by atoms with Crippen molar-refractivity contribution in [2.45, 2.75) is 33.1 Å². The van der Waals surface area contributed by atoms with Crippen molar-refractivity contribution in [3.05, 3.63) is 64.8 Å². The Bertz CT molecular complexity index is 975. The number of benzene rings is 2. The smallest absolute Gasteiger partial charge is 0.264 e. The Morgan fingerprint density at radius 1 is 1.18 bits per heavy atom. The minimum Gasteiger partial charge on any atom is -0.483 e. The van der Waals surface area contributed by atoms with Crippen LogP contribution in [-0.2, 0) is 10.2 Å². The van der Waals surface area contributed by atoms with Crippen LogP contribution in [0.5, 0.6) is 5.75 Å². The summed E-state index contributed by atoms with van der Waals surface area (Å²) in [5, 5.41) is 5.05. The number of carbonyl (C=O) groups is 1. The van der Waals surface area contributed by atoms with Crippen LogP contribution in [0.15, 0.2) is 47.8 Å². The van der Waals surface area contributed by atoms with E-state index in [9.17, 15) is 9.18 Å². The van der Waals surface area contributed by atoms with Gasteiger partial charge in [0.25, 0.3) is 5.91 Å². The second-order valence-corrected chi connectivity index (χ2v) is 8.49. The predicted octanol–water partition coefficient (Wildman–Crippen LogP) is 5.57. The molecule has 1 N–H and O–H groups in total. The molecule has 2 aromatic carbocycles. The summed E-state index contributed by atoms with van der Waals surface area (Å²) in [7, 11) is 0. The number of hydrogen-bond acceptors (Lipinski definition) is 4. The van der Waals surface area contributed by atoms with E-state index in [1.54, 1.807) is 12.1 Å². The van der Waals surface area contributed by atoms with E-state index in [-0.39, 0.29) is 23.7 Å². The molecule has 0 aliphatic heterocycles. The molecule has 1 aromatic heterocycles. The van der Waals surface area contributed by atoms with Gasteiger partial charge in [-0.1, -0.05) is 38.5 Å². The summed E-state index contributed by atoms with van der Waals surface area (Å²) in [4.78, 5) is 16.7. The second kappa shape index (κ2) is 8.10. The number of nitrogens with zero attached hydrogens (tertiary/aromatic N) is 1. The van der Waals surface area contributed by atoms with Gasteiger partial charge >= 0.3 is 0 Å². The number of amides is 1. The lowest BCUT2D eigenvalue weighted by Gasteiger charge is -2.23. The van der Waals surface area contributed by atoms with Crippen LogP contribution in [0.1, 0.15) is 31.9 Å². The fraction of sp³-hybridized carbons (Fsp3) is 0.273. The summed E-state index contributed by atoms with van der Waals surface area (Å²) in [6, 6.07) is 12.0. The molecular formula is C22H23FN2O2S. The molecule has 0 atom stereocenters. The molecule has 0 radical (unpaired) electrons. The van der Waals surface area contributed by atoms with Crippen LogP contribution in [0.2, 0.25) is 0 Å². The standard InChI is InChI=1S/C22H23FN2O2S/c1-14-5-10-19(17(11-14)22(2,3)4)27-12-20(26)25-21-24-18(13-28-21)15-6-8-16(23)9-7-15/h5-11,13H,12H2,1-4H3,(H,24,25,26). The van der Waals surface area contributed by atoms with E-state index in [0.29, 0.717) is 16.6 Å². The van der Waals surface area contributed by atoms with E-state index in [1.165, 1.54) is 23.5 Å². The Balaban J connectivity index is 1.64. The number of halogens is 1. The van der Waals surface area contributed by atoms with E-state index < -0.39 is 0 Å². The number of hydrogen-bond donors (Lipinski definition) is 1. The maximum Gasteiger partial charge on any atom is 0.264 e. The summed E-state index contributed by atoms with van der Waals surface area (Å²) < 4.78 is 18.8. The second-order valence-electron chi connectivity index (χ2n) is 7.63. The number of nitrogens with one attached hydrogen (secondary N) is 1. The van der Waals surface area contributed by atoms with Crippen molar-refractivity contribution < 1.29 is 13.9 Å². The lowest BCUT2D eigenvalue weighted by atomic mass is 9.85. The van der Waals surface area contributed by atoms with Crippen molar-refractivity contribution in [1.82, 2.24) is 4.98 Å². The summed E-state index contributed by atoms with van der Waals surface area (Å²) in [6.45, 7) is 8.27. The quantitative estimate of drug-likeness (QED) is 0.611. The molecule has 0 saturated heterocycles. The van der Waals surface area contributed by atoms with E-state index >= 15 is 0 Å². The Morgan fingerprint density at radius 3 is 2.57 bits per heavy atom. The van der Waals surface area contributed by atoms with Crippen molar-refractivity contribution in [3.63, 3.8) is 0 Å². The molecular weight excluding hydrogens is 375 g/mol. The first-order valence-corrected chi connectivity index (χ1v) is 9.85. The Kier molecular flexibility index (Phi) is 5.79. The van der Waals surface area contributed by atoms with Crippen molar-refractivity contribution in [2.24, 2.45) is 0 Å². The molecule has 1 heterocycles. The highest BCUT2D eigenvalue weighted by molar-refractivity contribution is 7.14. The Labute approximate surface area is 168 Å². The Morgan fingerprint density at radius 2 is 1.89 bits per heavy atom. The lowest BCUT2D eigenvalue weighted by molar-refractivity contribution is -0.118. The van der Waals surface area contributed by atoms with Crippen molar-refractivity contribution in [2.75, 3.05) is 11.9 Å². The summed E-state index contributed by atoms with van der Waals surface area (Å²) in [6.07, 6.45) is 0. The van der Waals surface area contributed by atoms with Gasteiger partial charge in [-0.2, -0.15) is 0 Å². The molecule has 0 bridgehead atoms. The van der Waals surface area contributed by atoms with Gasteiger partial charge < -0.3 is 4.74 Å². The number of thiazole rings is 1. The van der Waals surface area contributed by atoms with E-state index in [2.05, 4.69) is 37.1 Å². The molecule has 0 saturated carbocycles. The molecule has 0 aliphatic carbocycles. The molecule has 146 valence electrons. The number of rotatable bonds is 5. The summed E-state index contributed by atoms with van der Waals surface area (Å²) >= 11 is 1.32. The molecule has 1 amide bonds. The van der Waals surface area contributed by atoms with Gasteiger partial charge in [0.05, 0.1) is 5.69 Å². The van der Waals surface area contributed by atoms with Gasteiger partial charge in [-0.3, -0.25) is 10.1 Å². The maximum atomic E-state index is 13.0. The third-order valence-electron chi connectivity index (χ3n) is 4.19. The SMILES string of the molecule is Cc1ccc(OCC(=O)Nc2nc(-c3ccc(F)cc3)cs2)c(C(C)(C)C)c1. The average molecular weight is 399 g/mol. The van der Waals surface area contributed by atoms with Gasteiger partial charge in [0.15, 0.2) is 11.7 Å². The molecule has 0 aliphatic rings. The zero-order valence-corrected chi connectivity index (χ0v) is 17.2. The van der Waals surface area contributed by atoms with Crippen molar-refractivity contribution >= 4 is 22.4 Å². The van der Waals surface area contributed by atoms with Crippen molar-refractivity contribution in [3.8, 4) is 17.0 Å². The fourth-order valence-electron chi connectivity index (χ4n) is 2.74. The van der Waals surface area contributed by atoms with E-state index in [4.69, 9.17) is 4.74 Å². The predicted molar refractivity (Wildman–Crippen MR) is 112 cm³/mol. The molecule has 28 heavy (non-hydrogen) atoms. The Hall–Kier alpha value is -2.73. The van der Waals surface area contributed by atoms with Gasteiger partial charge in [0.1, 0.15) is 11.6 Å². The zero-order chi connectivity index (χ0) is 20.3. The average Bonchev–Trinajstić information content (AvgIpc) is 3.09. The number of carbonyl (C=O) groups excluding carboxylic acids is 1. The van der Waals surface area contributed by atoms with Crippen LogP contribution in [0.4, 0.5) is 9.52 Å². The van der Waals surface area contributed by atoms with Crippen LogP contribution in [-0.4, -0.2) is 17.5 Å². The molecule has 4 nitrogen and oxygen atoms in total. The number of anilines is 1.